The van der Waals surface area contributed by atoms with Crippen LogP contribution in [0.1, 0.15) is 16.7 Å². The molecule has 1 N–H and O–H groups in total. The minimum Gasteiger partial charge on any atom is -0.272 e. The van der Waals surface area contributed by atoms with E-state index in [2.05, 4.69) is 10.5 Å². The second kappa shape index (κ2) is 11.4. The number of halogens is 2. The fourth-order valence-electron chi connectivity index (χ4n) is 3.01. The fourth-order valence-corrected chi connectivity index (χ4v) is 4.75. The number of sulfonamides is 1. The van der Waals surface area contributed by atoms with Crippen molar-refractivity contribution in [3.63, 3.8) is 0 Å². The standard InChI is InChI=1S/C23H20Cl2N4O5S/c1-16-6-9-20(10-7-16)35(33,34)28(14-17-4-2-3-5-21(17)24)15-23(30)27-26-13-18-12-19(29(31)32)8-11-22(18)25/h2-13H,14-15H2,1H3,(H,27,30)/b26-13-. The third-order valence-electron chi connectivity index (χ3n) is 4.87. The van der Waals surface area contributed by atoms with E-state index in [0.717, 1.165) is 16.1 Å². The lowest BCUT2D eigenvalue weighted by Gasteiger charge is -2.22. The van der Waals surface area contributed by atoms with E-state index in [1.807, 2.05) is 6.92 Å². The van der Waals surface area contributed by atoms with Crippen LogP contribution in [0.5, 0.6) is 0 Å². The molecular weight excluding hydrogens is 515 g/mol. The van der Waals surface area contributed by atoms with Gasteiger partial charge in [0, 0.05) is 34.3 Å². The van der Waals surface area contributed by atoms with Gasteiger partial charge >= 0.3 is 0 Å². The van der Waals surface area contributed by atoms with E-state index in [0.29, 0.717) is 10.6 Å². The summed E-state index contributed by atoms with van der Waals surface area (Å²) in [6, 6.07) is 16.7. The second-order valence-corrected chi connectivity index (χ2v) is 10.2. The molecule has 0 aromatic heterocycles. The molecule has 0 spiro atoms. The number of benzene rings is 3. The molecule has 0 aliphatic carbocycles. The number of carbonyl (C=O) groups is 1. The predicted molar refractivity (Wildman–Crippen MR) is 134 cm³/mol. The molecule has 0 bridgehead atoms. The highest BCUT2D eigenvalue weighted by atomic mass is 35.5. The summed E-state index contributed by atoms with van der Waals surface area (Å²) in [6.07, 6.45) is 1.14. The maximum Gasteiger partial charge on any atom is 0.270 e. The van der Waals surface area contributed by atoms with E-state index < -0.39 is 27.4 Å². The van der Waals surface area contributed by atoms with E-state index in [4.69, 9.17) is 23.2 Å². The average molecular weight is 535 g/mol. The Labute approximate surface area is 212 Å². The minimum atomic E-state index is -4.06. The smallest absolute Gasteiger partial charge is 0.270 e. The first-order valence-corrected chi connectivity index (χ1v) is 12.3. The number of carbonyl (C=O) groups excluding carboxylic acids is 1. The van der Waals surface area contributed by atoms with Crippen LogP contribution in [0.15, 0.2) is 76.7 Å². The van der Waals surface area contributed by atoms with Gasteiger partial charge < -0.3 is 0 Å². The molecule has 3 aromatic rings. The molecule has 9 nitrogen and oxygen atoms in total. The van der Waals surface area contributed by atoms with Gasteiger partial charge in [0.2, 0.25) is 10.0 Å². The highest BCUT2D eigenvalue weighted by Gasteiger charge is 2.27. The molecule has 182 valence electrons. The molecule has 3 rings (SSSR count). The van der Waals surface area contributed by atoms with Crippen molar-refractivity contribution in [2.45, 2.75) is 18.4 Å². The third kappa shape index (κ3) is 6.86. The number of non-ortho nitro benzene ring substituents is 1. The van der Waals surface area contributed by atoms with Crippen molar-refractivity contribution in [1.82, 2.24) is 9.73 Å². The molecule has 0 heterocycles. The van der Waals surface area contributed by atoms with E-state index >= 15 is 0 Å². The Bertz CT molecular complexity index is 1380. The maximum atomic E-state index is 13.3. The Hall–Kier alpha value is -3.31. The molecule has 0 aliphatic heterocycles. The number of nitrogens with zero attached hydrogens (tertiary/aromatic N) is 3. The first kappa shape index (κ1) is 26.3. The molecule has 0 fully saturated rings. The molecule has 0 aliphatic rings. The number of amides is 1. The molecule has 12 heteroatoms. The summed E-state index contributed by atoms with van der Waals surface area (Å²) in [7, 11) is -4.06. The Kier molecular flexibility index (Phi) is 8.57. The zero-order valence-electron chi connectivity index (χ0n) is 18.4. The zero-order chi connectivity index (χ0) is 25.6. The predicted octanol–water partition coefficient (Wildman–Crippen LogP) is 4.55. The Balaban J connectivity index is 1.82. The number of hydrogen-bond donors (Lipinski definition) is 1. The summed E-state index contributed by atoms with van der Waals surface area (Å²) < 4.78 is 27.6. The van der Waals surface area contributed by atoms with Crippen molar-refractivity contribution < 1.29 is 18.1 Å². The van der Waals surface area contributed by atoms with Crippen molar-refractivity contribution in [2.24, 2.45) is 5.10 Å². The molecule has 0 saturated carbocycles. The van der Waals surface area contributed by atoms with Crippen molar-refractivity contribution in [2.75, 3.05) is 6.54 Å². The Morgan fingerprint density at radius 2 is 1.77 bits per heavy atom. The number of hydrogen-bond acceptors (Lipinski definition) is 6. The minimum absolute atomic E-state index is 0.0230. The largest absolute Gasteiger partial charge is 0.272 e. The lowest BCUT2D eigenvalue weighted by molar-refractivity contribution is -0.384. The van der Waals surface area contributed by atoms with Crippen LogP contribution in [0.3, 0.4) is 0 Å². The maximum absolute atomic E-state index is 13.3. The van der Waals surface area contributed by atoms with E-state index in [-0.39, 0.29) is 27.7 Å². The molecular formula is C23H20Cl2N4O5S. The summed E-state index contributed by atoms with van der Waals surface area (Å²) in [6.45, 7) is 1.13. The van der Waals surface area contributed by atoms with Crippen molar-refractivity contribution in [3.05, 3.63) is 104 Å². The van der Waals surface area contributed by atoms with Crippen LogP contribution in [0.25, 0.3) is 0 Å². The number of aryl methyl sites for hydroxylation is 1. The second-order valence-electron chi connectivity index (χ2n) is 7.43. The van der Waals surface area contributed by atoms with E-state index in [9.17, 15) is 23.3 Å². The lowest BCUT2D eigenvalue weighted by Crippen LogP contribution is -2.39. The molecule has 3 aromatic carbocycles. The lowest BCUT2D eigenvalue weighted by atomic mass is 10.2. The zero-order valence-corrected chi connectivity index (χ0v) is 20.7. The van der Waals surface area contributed by atoms with Crippen LogP contribution in [0.4, 0.5) is 5.69 Å². The topological polar surface area (TPSA) is 122 Å². The summed E-state index contributed by atoms with van der Waals surface area (Å²) in [5, 5.41) is 15.3. The van der Waals surface area contributed by atoms with Crippen molar-refractivity contribution in [1.29, 1.82) is 0 Å². The van der Waals surface area contributed by atoms with Gasteiger partial charge in [-0.05, 0) is 36.8 Å². The van der Waals surface area contributed by atoms with Gasteiger partial charge in [0.25, 0.3) is 11.6 Å². The van der Waals surface area contributed by atoms with Gasteiger partial charge in [-0.2, -0.15) is 9.41 Å². The fraction of sp³-hybridized carbons (Fsp3) is 0.130. The number of hydrazone groups is 1. The van der Waals surface area contributed by atoms with Crippen LogP contribution in [-0.4, -0.2) is 36.3 Å². The quantitative estimate of drug-likeness (QED) is 0.245. The van der Waals surface area contributed by atoms with E-state index in [1.165, 1.54) is 30.3 Å². The van der Waals surface area contributed by atoms with Crippen LogP contribution in [-0.2, 0) is 21.4 Å². The van der Waals surface area contributed by atoms with E-state index in [1.54, 1.807) is 36.4 Å². The molecule has 0 atom stereocenters. The summed E-state index contributed by atoms with van der Waals surface area (Å²) in [5.41, 5.74) is 3.65. The van der Waals surface area contributed by atoms with Gasteiger partial charge in [0.15, 0.2) is 0 Å². The third-order valence-corrected chi connectivity index (χ3v) is 7.39. The monoisotopic (exact) mass is 534 g/mol. The Morgan fingerprint density at radius 1 is 1.09 bits per heavy atom. The van der Waals surface area contributed by atoms with Gasteiger partial charge in [-0.1, -0.05) is 59.1 Å². The SMILES string of the molecule is Cc1ccc(S(=O)(=O)N(CC(=O)N/N=C\c2cc([N+](=O)[O-])ccc2Cl)Cc2ccccc2Cl)cc1. The molecule has 0 radical (unpaired) electrons. The van der Waals surface area contributed by atoms with Crippen LogP contribution < -0.4 is 5.43 Å². The van der Waals surface area contributed by atoms with Crippen molar-refractivity contribution in [3.8, 4) is 0 Å². The van der Waals surface area contributed by atoms with Gasteiger partial charge in [0.05, 0.1) is 22.6 Å². The summed E-state index contributed by atoms with van der Waals surface area (Å²) in [4.78, 5) is 23.0. The van der Waals surface area contributed by atoms with Crippen LogP contribution >= 0.6 is 23.2 Å². The molecule has 1 amide bonds. The summed E-state index contributed by atoms with van der Waals surface area (Å²) >= 11 is 12.2. The molecule has 0 unspecified atom stereocenters. The normalized spacial score (nSPS) is 11.7. The first-order valence-electron chi connectivity index (χ1n) is 10.1. The highest BCUT2D eigenvalue weighted by Crippen LogP contribution is 2.23. The Morgan fingerprint density at radius 3 is 2.43 bits per heavy atom. The van der Waals surface area contributed by atoms with Gasteiger partial charge in [-0.3, -0.25) is 14.9 Å². The number of nitrogens with one attached hydrogen (secondary N) is 1. The molecule has 0 saturated heterocycles. The van der Waals surface area contributed by atoms with Crippen molar-refractivity contribution >= 4 is 51.0 Å². The van der Waals surface area contributed by atoms with Crippen LogP contribution in [0.2, 0.25) is 10.0 Å². The summed E-state index contributed by atoms with van der Waals surface area (Å²) in [5.74, 6) is -0.731. The van der Waals surface area contributed by atoms with Crippen LogP contribution in [0, 0.1) is 17.0 Å². The van der Waals surface area contributed by atoms with Gasteiger partial charge in [0.1, 0.15) is 0 Å². The highest BCUT2D eigenvalue weighted by molar-refractivity contribution is 7.89. The number of nitro groups is 1. The number of rotatable bonds is 9. The van der Waals surface area contributed by atoms with Gasteiger partial charge in [-0.15, -0.1) is 0 Å². The van der Waals surface area contributed by atoms with Gasteiger partial charge in [-0.25, -0.2) is 13.8 Å². The average Bonchev–Trinajstić information content (AvgIpc) is 2.81. The molecule has 35 heavy (non-hydrogen) atoms. The number of nitro benzene ring substituents is 1. The first-order chi connectivity index (χ1) is 16.6.